The molecule has 1 N–H and O–H groups in total. The van der Waals surface area contributed by atoms with Gasteiger partial charge in [0.05, 0.1) is 38.2 Å². The van der Waals surface area contributed by atoms with Crippen LogP contribution in [0.1, 0.15) is 29.3 Å². The minimum Gasteiger partial charge on any atom is -0.497 e. The van der Waals surface area contributed by atoms with Gasteiger partial charge in [0.2, 0.25) is 5.91 Å². The maximum Gasteiger partial charge on any atom is 0.340 e. The fraction of sp³-hybridized carbons (Fsp3) is 0.333. The molecular weight excluding hydrogens is 396 g/mol. The number of nitrogens with zero attached hydrogens (tertiary/aromatic N) is 1. The second-order valence-corrected chi connectivity index (χ2v) is 7.06. The number of amides is 1. The largest absolute Gasteiger partial charge is 0.497 e. The molecule has 7 nitrogen and oxygen atoms in total. The predicted molar refractivity (Wildman–Crippen MR) is 121 cm³/mol. The smallest absolute Gasteiger partial charge is 0.340 e. The summed E-state index contributed by atoms with van der Waals surface area (Å²) in [4.78, 5) is 27.1. The molecule has 0 saturated carbocycles. The molecule has 1 aliphatic heterocycles. The van der Waals surface area contributed by atoms with Crippen LogP contribution < -0.4 is 15.0 Å². The number of carbonyl (C=O) groups excluding carboxylic acids is 2. The Balaban J connectivity index is 1.74. The van der Waals surface area contributed by atoms with Crippen LogP contribution in [0.15, 0.2) is 48.5 Å². The Bertz CT molecular complexity index is 918. The van der Waals surface area contributed by atoms with Crippen molar-refractivity contribution in [3.8, 4) is 5.75 Å². The summed E-state index contributed by atoms with van der Waals surface area (Å²) in [6.45, 7) is 4.91. The number of benzene rings is 2. The lowest BCUT2D eigenvalue weighted by Gasteiger charge is -2.30. The normalized spacial score (nSPS) is 13.8. The van der Waals surface area contributed by atoms with Crippen molar-refractivity contribution >= 4 is 29.3 Å². The lowest BCUT2D eigenvalue weighted by Crippen LogP contribution is -2.37. The maximum absolute atomic E-state index is 12.7. The van der Waals surface area contributed by atoms with E-state index in [0.29, 0.717) is 44.2 Å². The monoisotopic (exact) mass is 424 g/mol. The van der Waals surface area contributed by atoms with Gasteiger partial charge in [-0.25, -0.2) is 4.79 Å². The summed E-state index contributed by atoms with van der Waals surface area (Å²) in [6.07, 6.45) is 3.91. The molecule has 0 unspecified atom stereocenters. The lowest BCUT2D eigenvalue weighted by molar-refractivity contribution is -0.111. The van der Waals surface area contributed by atoms with Gasteiger partial charge in [-0.1, -0.05) is 19.1 Å². The van der Waals surface area contributed by atoms with E-state index in [1.807, 2.05) is 37.3 Å². The Kier molecular flexibility index (Phi) is 8.06. The van der Waals surface area contributed by atoms with Gasteiger partial charge in [0, 0.05) is 24.9 Å². The van der Waals surface area contributed by atoms with Gasteiger partial charge in [0.25, 0.3) is 0 Å². The average Bonchev–Trinajstić information content (AvgIpc) is 2.82. The number of hydrogen-bond acceptors (Lipinski definition) is 6. The molecule has 1 amide bonds. The van der Waals surface area contributed by atoms with Gasteiger partial charge in [-0.05, 0) is 48.4 Å². The van der Waals surface area contributed by atoms with Gasteiger partial charge in [-0.15, -0.1) is 0 Å². The first kappa shape index (κ1) is 22.4. The number of morpholine rings is 1. The van der Waals surface area contributed by atoms with E-state index in [2.05, 4.69) is 10.2 Å². The molecule has 1 heterocycles. The molecule has 3 rings (SSSR count). The third-order valence-electron chi connectivity index (χ3n) is 4.82. The van der Waals surface area contributed by atoms with Crippen LogP contribution in [0.5, 0.6) is 5.75 Å². The molecule has 0 aromatic heterocycles. The van der Waals surface area contributed by atoms with E-state index in [9.17, 15) is 9.59 Å². The zero-order chi connectivity index (χ0) is 22.1. The van der Waals surface area contributed by atoms with Crippen LogP contribution in [-0.2, 0) is 14.3 Å². The van der Waals surface area contributed by atoms with Crippen molar-refractivity contribution < 1.29 is 23.8 Å². The summed E-state index contributed by atoms with van der Waals surface area (Å²) in [7, 11) is 1.61. The fourth-order valence-electron chi connectivity index (χ4n) is 3.20. The van der Waals surface area contributed by atoms with Crippen LogP contribution in [0.25, 0.3) is 6.08 Å². The molecule has 2 aromatic carbocycles. The summed E-state index contributed by atoms with van der Waals surface area (Å²) in [6, 6.07) is 12.7. The third-order valence-corrected chi connectivity index (χ3v) is 4.82. The molecule has 164 valence electrons. The highest BCUT2D eigenvalue weighted by atomic mass is 16.5. The van der Waals surface area contributed by atoms with E-state index in [1.54, 1.807) is 25.3 Å². The number of carbonyl (C=O) groups is 2. The number of esters is 1. The molecule has 1 fully saturated rings. The Morgan fingerprint density at radius 1 is 1.13 bits per heavy atom. The minimum atomic E-state index is -0.395. The minimum absolute atomic E-state index is 0.289. The van der Waals surface area contributed by atoms with Crippen molar-refractivity contribution in [2.75, 3.05) is 50.2 Å². The maximum atomic E-state index is 12.7. The van der Waals surface area contributed by atoms with E-state index < -0.39 is 5.97 Å². The molecule has 0 spiro atoms. The summed E-state index contributed by atoms with van der Waals surface area (Å²) in [5.41, 5.74) is 2.63. The first-order valence-corrected chi connectivity index (χ1v) is 10.4. The van der Waals surface area contributed by atoms with Crippen molar-refractivity contribution in [2.24, 2.45) is 0 Å². The van der Waals surface area contributed by atoms with Crippen LogP contribution in [0.3, 0.4) is 0 Å². The Hall–Kier alpha value is -3.32. The van der Waals surface area contributed by atoms with Gasteiger partial charge >= 0.3 is 5.97 Å². The Morgan fingerprint density at radius 2 is 1.87 bits per heavy atom. The van der Waals surface area contributed by atoms with E-state index in [-0.39, 0.29) is 5.91 Å². The number of methoxy groups -OCH3 is 1. The predicted octanol–water partition coefficient (Wildman–Crippen LogP) is 3.75. The van der Waals surface area contributed by atoms with Crippen LogP contribution in [0, 0.1) is 0 Å². The number of rotatable bonds is 8. The standard InChI is InChI=1S/C24H28N2O5/c1-3-14-31-24(28)21-17-19(7-10-22(21)26-12-15-30-16-13-26)25-23(27)11-6-18-4-8-20(29-2)9-5-18/h4-11,17H,3,12-16H2,1-2H3,(H,25,27)/b11-6+. The average molecular weight is 424 g/mol. The van der Waals surface area contributed by atoms with Crippen LogP contribution in [0.4, 0.5) is 11.4 Å². The van der Waals surface area contributed by atoms with Gasteiger partial charge in [-0.3, -0.25) is 4.79 Å². The van der Waals surface area contributed by atoms with E-state index in [4.69, 9.17) is 14.2 Å². The van der Waals surface area contributed by atoms with Gasteiger partial charge in [0.15, 0.2) is 0 Å². The molecule has 1 aliphatic rings. The van der Waals surface area contributed by atoms with Crippen molar-refractivity contribution in [3.05, 3.63) is 59.7 Å². The Labute approximate surface area is 182 Å². The molecule has 0 aliphatic carbocycles. The molecule has 7 heteroatoms. The zero-order valence-electron chi connectivity index (χ0n) is 17.9. The van der Waals surface area contributed by atoms with Gasteiger partial charge < -0.3 is 24.4 Å². The van der Waals surface area contributed by atoms with Crippen LogP contribution in [0.2, 0.25) is 0 Å². The van der Waals surface area contributed by atoms with Crippen LogP contribution >= 0.6 is 0 Å². The first-order valence-electron chi connectivity index (χ1n) is 10.4. The molecule has 0 bridgehead atoms. The van der Waals surface area contributed by atoms with E-state index in [0.717, 1.165) is 23.4 Å². The first-order chi connectivity index (χ1) is 15.1. The summed E-state index contributed by atoms with van der Waals surface area (Å²) in [5.74, 6) is 0.0699. The summed E-state index contributed by atoms with van der Waals surface area (Å²) >= 11 is 0. The van der Waals surface area contributed by atoms with Gasteiger partial charge in [-0.2, -0.15) is 0 Å². The SMILES string of the molecule is CCCOC(=O)c1cc(NC(=O)/C=C/c2ccc(OC)cc2)ccc1N1CCOCC1. The van der Waals surface area contributed by atoms with Crippen molar-refractivity contribution in [1.82, 2.24) is 0 Å². The molecular formula is C24H28N2O5. The zero-order valence-corrected chi connectivity index (χ0v) is 17.9. The molecule has 0 radical (unpaired) electrons. The third kappa shape index (κ3) is 6.33. The van der Waals surface area contributed by atoms with Crippen molar-refractivity contribution in [3.63, 3.8) is 0 Å². The second-order valence-electron chi connectivity index (χ2n) is 7.06. The highest BCUT2D eigenvalue weighted by Gasteiger charge is 2.20. The molecule has 31 heavy (non-hydrogen) atoms. The number of hydrogen-bond donors (Lipinski definition) is 1. The van der Waals surface area contributed by atoms with Crippen molar-refractivity contribution in [1.29, 1.82) is 0 Å². The molecule has 1 saturated heterocycles. The molecule has 0 atom stereocenters. The Morgan fingerprint density at radius 3 is 2.55 bits per heavy atom. The van der Waals surface area contributed by atoms with E-state index >= 15 is 0 Å². The lowest BCUT2D eigenvalue weighted by atomic mass is 10.1. The number of anilines is 2. The fourth-order valence-corrected chi connectivity index (χ4v) is 3.20. The highest BCUT2D eigenvalue weighted by Crippen LogP contribution is 2.26. The van der Waals surface area contributed by atoms with Crippen molar-refractivity contribution in [2.45, 2.75) is 13.3 Å². The van der Waals surface area contributed by atoms with Gasteiger partial charge in [0.1, 0.15) is 5.75 Å². The quantitative estimate of drug-likeness (QED) is 0.514. The topological polar surface area (TPSA) is 77.1 Å². The number of nitrogens with one attached hydrogen (secondary N) is 1. The second kappa shape index (κ2) is 11.2. The van der Waals surface area contributed by atoms with E-state index in [1.165, 1.54) is 6.08 Å². The summed E-state index contributed by atoms with van der Waals surface area (Å²) < 4.78 is 15.9. The highest BCUT2D eigenvalue weighted by molar-refractivity contribution is 6.03. The number of ether oxygens (including phenoxy) is 3. The summed E-state index contributed by atoms with van der Waals surface area (Å²) in [5, 5.41) is 2.81. The van der Waals surface area contributed by atoms with Crippen LogP contribution in [-0.4, -0.2) is 51.9 Å². The molecule has 2 aromatic rings.